The molecule has 2 aromatic carbocycles. The van der Waals surface area contributed by atoms with Crippen LogP contribution in [0.15, 0.2) is 30.3 Å². The maximum absolute atomic E-state index is 13.2. The molecule has 1 heterocycles. The Labute approximate surface area is 170 Å². The highest BCUT2D eigenvalue weighted by Gasteiger charge is 2.42. The maximum atomic E-state index is 13.2. The SMILES string of the molecule is COC(=O)[C@@H](NC(=O)[C@]1(C)CCc2c(C)c(O)c(C)c(C)c2O1)c1ccccc1. The van der Waals surface area contributed by atoms with Gasteiger partial charge in [0.2, 0.25) is 0 Å². The molecule has 2 aromatic rings. The standard InChI is InChI=1S/C23H27NO5/c1-13-14(2)20-17(15(3)19(13)25)11-12-23(4,29-20)22(27)24-18(21(26)28-5)16-9-7-6-8-10-16/h6-10,18,25H,11-12H2,1-5H3,(H,24,27)/t18-,23-/m0/s1. The van der Waals surface area contributed by atoms with Gasteiger partial charge in [-0.1, -0.05) is 30.3 Å². The Kier molecular flexibility index (Phi) is 5.55. The summed E-state index contributed by atoms with van der Waals surface area (Å²) in [6.07, 6.45) is 1.02. The molecule has 3 rings (SSSR count). The first-order chi connectivity index (χ1) is 13.7. The number of methoxy groups -OCH3 is 1. The van der Waals surface area contributed by atoms with Gasteiger partial charge in [0, 0.05) is 12.0 Å². The molecule has 1 aliphatic rings. The van der Waals surface area contributed by atoms with Crippen molar-refractivity contribution in [3.8, 4) is 11.5 Å². The van der Waals surface area contributed by atoms with Crippen LogP contribution < -0.4 is 10.1 Å². The predicted octanol–water partition coefficient (Wildman–Crippen LogP) is 3.43. The molecule has 1 amide bonds. The summed E-state index contributed by atoms with van der Waals surface area (Å²) in [7, 11) is 1.29. The van der Waals surface area contributed by atoms with Gasteiger partial charge in [0.05, 0.1) is 7.11 Å². The lowest BCUT2D eigenvalue weighted by Crippen LogP contribution is -2.53. The van der Waals surface area contributed by atoms with Gasteiger partial charge in [-0.25, -0.2) is 4.79 Å². The van der Waals surface area contributed by atoms with Crippen molar-refractivity contribution in [1.82, 2.24) is 5.32 Å². The number of carbonyl (C=O) groups excluding carboxylic acids is 2. The van der Waals surface area contributed by atoms with Crippen LogP contribution in [0.5, 0.6) is 11.5 Å². The molecule has 0 unspecified atom stereocenters. The molecule has 6 heteroatoms. The van der Waals surface area contributed by atoms with Gasteiger partial charge in [0.25, 0.3) is 5.91 Å². The highest BCUT2D eigenvalue weighted by Crippen LogP contribution is 2.43. The lowest BCUT2D eigenvalue weighted by atomic mass is 9.86. The van der Waals surface area contributed by atoms with Crippen molar-refractivity contribution >= 4 is 11.9 Å². The van der Waals surface area contributed by atoms with Crippen molar-refractivity contribution in [3.05, 3.63) is 58.1 Å². The molecule has 0 fully saturated rings. The van der Waals surface area contributed by atoms with E-state index in [1.54, 1.807) is 31.2 Å². The van der Waals surface area contributed by atoms with Crippen LogP contribution in [0, 0.1) is 20.8 Å². The lowest BCUT2D eigenvalue weighted by Gasteiger charge is -2.37. The average molecular weight is 397 g/mol. The minimum Gasteiger partial charge on any atom is -0.507 e. The van der Waals surface area contributed by atoms with Crippen molar-refractivity contribution in [1.29, 1.82) is 0 Å². The van der Waals surface area contributed by atoms with E-state index in [1.807, 2.05) is 26.8 Å². The lowest BCUT2D eigenvalue weighted by molar-refractivity contribution is -0.148. The molecule has 154 valence electrons. The first-order valence-electron chi connectivity index (χ1n) is 9.64. The Morgan fingerprint density at radius 1 is 1.14 bits per heavy atom. The summed E-state index contributed by atoms with van der Waals surface area (Å²) in [5.74, 6) is -0.0221. The van der Waals surface area contributed by atoms with E-state index in [-0.39, 0.29) is 11.7 Å². The quantitative estimate of drug-likeness (QED) is 0.772. The fourth-order valence-electron chi connectivity index (χ4n) is 3.73. The van der Waals surface area contributed by atoms with Gasteiger partial charge in [-0.3, -0.25) is 4.79 Å². The number of hydrogen-bond acceptors (Lipinski definition) is 5. The Morgan fingerprint density at radius 2 is 1.79 bits per heavy atom. The van der Waals surface area contributed by atoms with Crippen LogP contribution in [-0.4, -0.2) is 29.7 Å². The second-order valence-electron chi connectivity index (χ2n) is 7.70. The first-order valence-corrected chi connectivity index (χ1v) is 9.64. The predicted molar refractivity (Wildman–Crippen MR) is 109 cm³/mol. The first kappa shape index (κ1) is 20.7. The molecule has 0 spiro atoms. The Balaban J connectivity index is 1.91. The largest absolute Gasteiger partial charge is 0.507 e. The molecule has 2 atom stereocenters. The van der Waals surface area contributed by atoms with Gasteiger partial charge >= 0.3 is 5.97 Å². The van der Waals surface area contributed by atoms with Crippen LogP contribution in [0.2, 0.25) is 0 Å². The number of phenolic OH excluding ortho intramolecular Hbond substituents is 1. The summed E-state index contributed by atoms with van der Waals surface area (Å²) in [6, 6.07) is 8.05. The Morgan fingerprint density at radius 3 is 2.41 bits per heavy atom. The molecule has 0 aromatic heterocycles. The molecule has 0 saturated heterocycles. The third kappa shape index (κ3) is 3.67. The van der Waals surface area contributed by atoms with Gasteiger partial charge in [-0.05, 0) is 56.4 Å². The van der Waals surface area contributed by atoms with Crippen molar-refractivity contribution in [3.63, 3.8) is 0 Å². The van der Waals surface area contributed by atoms with Crippen molar-refractivity contribution in [2.45, 2.75) is 52.2 Å². The highest BCUT2D eigenvalue weighted by atomic mass is 16.5. The summed E-state index contributed by atoms with van der Waals surface area (Å²) in [4.78, 5) is 25.5. The van der Waals surface area contributed by atoms with Gasteiger partial charge in [0.1, 0.15) is 11.5 Å². The van der Waals surface area contributed by atoms with Gasteiger partial charge in [-0.15, -0.1) is 0 Å². The van der Waals surface area contributed by atoms with Gasteiger partial charge in [-0.2, -0.15) is 0 Å². The minimum atomic E-state index is -1.14. The molecule has 6 nitrogen and oxygen atoms in total. The van der Waals surface area contributed by atoms with Crippen LogP contribution in [0.4, 0.5) is 0 Å². The molecule has 1 aliphatic heterocycles. The third-order valence-electron chi connectivity index (χ3n) is 5.85. The zero-order valence-corrected chi connectivity index (χ0v) is 17.5. The highest BCUT2D eigenvalue weighted by molar-refractivity contribution is 5.90. The number of aromatic hydroxyl groups is 1. The zero-order chi connectivity index (χ0) is 21.3. The van der Waals surface area contributed by atoms with Crippen LogP contribution in [-0.2, 0) is 20.7 Å². The van der Waals surface area contributed by atoms with Crippen LogP contribution in [0.25, 0.3) is 0 Å². The van der Waals surface area contributed by atoms with Gasteiger partial charge in [0.15, 0.2) is 11.6 Å². The zero-order valence-electron chi connectivity index (χ0n) is 17.5. The van der Waals surface area contributed by atoms with Crippen molar-refractivity contribution < 1.29 is 24.2 Å². The molecule has 0 aliphatic carbocycles. The van der Waals surface area contributed by atoms with Crippen LogP contribution in [0.3, 0.4) is 0 Å². The number of hydrogen-bond donors (Lipinski definition) is 2. The summed E-state index contributed by atoms with van der Waals surface area (Å²) in [5.41, 5.74) is 2.75. The fourth-order valence-corrected chi connectivity index (χ4v) is 3.73. The summed E-state index contributed by atoms with van der Waals surface area (Å²) in [6.45, 7) is 7.28. The van der Waals surface area contributed by atoms with E-state index in [4.69, 9.17) is 9.47 Å². The fraction of sp³-hybridized carbons (Fsp3) is 0.391. The average Bonchev–Trinajstić information content (AvgIpc) is 2.74. The topological polar surface area (TPSA) is 84.9 Å². The second kappa shape index (κ2) is 7.78. The summed E-state index contributed by atoms with van der Waals surface area (Å²) >= 11 is 0. The van der Waals surface area contributed by atoms with E-state index < -0.39 is 17.6 Å². The van der Waals surface area contributed by atoms with E-state index in [0.29, 0.717) is 24.2 Å². The smallest absolute Gasteiger partial charge is 0.333 e. The number of nitrogens with one attached hydrogen (secondary N) is 1. The van der Waals surface area contributed by atoms with Crippen molar-refractivity contribution in [2.75, 3.05) is 7.11 Å². The van der Waals surface area contributed by atoms with E-state index in [9.17, 15) is 14.7 Å². The number of phenols is 1. The van der Waals surface area contributed by atoms with E-state index in [1.165, 1.54) is 7.11 Å². The van der Waals surface area contributed by atoms with E-state index in [0.717, 1.165) is 22.3 Å². The molecule has 0 saturated carbocycles. The number of carbonyl (C=O) groups is 2. The monoisotopic (exact) mass is 397 g/mol. The number of ether oxygens (including phenoxy) is 2. The molecule has 0 radical (unpaired) electrons. The number of benzene rings is 2. The summed E-state index contributed by atoms with van der Waals surface area (Å²) in [5, 5.41) is 13.1. The van der Waals surface area contributed by atoms with Crippen LogP contribution >= 0.6 is 0 Å². The second-order valence-corrected chi connectivity index (χ2v) is 7.70. The molecular formula is C23H27NO5. The number of rotatable bonds is 4. The summed E-state index contributed by atoms with van der Waals surface area (Å²) < 4.78 is 11.1. The Bertz CT molecular complexity index is 954. The molecular weight excluding hydrogens is 370 g/mol. The number of fused-ring (bicyclic) bond motifs is 1. The van der Waals surface area contributed by atoms with Crippen molar-refractivity contribution in [2.24, 2.45) is 0 Å². The van der Waals surface area contributed by atoms with Gasteiger partial charge < -0.3 is 19.9 Å². The number of esters is 1. The minimum absolute atomic E-state index is 0.271. The number of amides is 1. The van der Waals surface area contributed by atoms with Crippen LogP contribution in [0.1, 0.15) is 47.2 Å². The normalized spacial score (nSPS) is 18.9. The van der Waals surface area contributed by atoms with E-state index in [2.05, 4.69) is 5.32 Å². The molecule has 2 N–H and O–H groups in total. The van der Waals surface area contributed by atoms with E-state index >= 15 is 0 Å². The third-order valence-corrected chi connectivity index (χ3v) is 5.85. The Hall–Kier alpha value is -3.02. The maximum Gasteiger partial charge on any atom is 0.333 e. The molecule has 29 heavy (non-hydrogen) atoms. The molecule has 0 bridgehead atoms.